The van der Waals surface area contributed by atoms with Gasteiger partial charge in [0.05, 0.1) is 18.2 Å². The Labute approximate surface area is 171 Å². The molecule has 28 heavy (non-hydrogen) atoms. The number of nitrogens with one attached hydrogen (secondary N) is 2. The molecule has 2 rings (SSSR count). The number of carbonyl (C=O) groups is 2. The molecule has 1 unspecified atom stereocenters. The third-order valence-electron chi connectivity index (χ3n) is 4.59. The van der Waals surface area contributed by atoms with Crippen molar-refractivity contribution < 1.29 is 19.1 Å². The maximum atomic E-state index is 12.5. The lowest BCUT2D eigenvalue weighted by Crippen LogP contribution is -2.44. The summed E-state index contributed by atoms with van der Waals surface area (Å²) >= 11 is 1.56. The average molecular weight is 412 g/mol. The molecule has 2 amide bonds. The first kappa shape index (κ1) is 22.6. The molecule has 158 valence electrons. The maximum absolute atomic E-state index is 12.5. The zero-order valence-corrected chi connectivity index (χ0v) is 18.6. The lowest BCUT2D eigenvalue weighted by molar-refractivity contribution is -0.116. The molecule has 8 heteroatoms. The van der Waals surface area contributed by atoms with Crippen molar-refractivity contribution in [2.75, 3.05) is 32.1 Å². The molecule has 0 saturated heterocycles. The number of methoxy groups -OCH3 is 1. The van der Waals surface area contributed by atoms with E-state index in [1.165, 1.54) is 5.56 Å². The monoisotopic (exact) mass is 411 g/mol. The van der Waals surface area contributed by atoms with Crippen LogP contribution in [0.3, 0.4) is 0 Å². The number of hydrogen-bond donors (Lipinski definition) is 2. The van der Waals surface area contributed by atoms with E-state index in [2.05, 4.69) is 10.6 Å². The van der Waals surface area contributed by atoms with Gasteiger partial charge in [-0.3, -0.25) is 4.79 Å². The second-order valence-electron chi connectivity index (χ2n) is 8.16. The van der Waals surface area contributed by atoms with E-state index in [4.69, 9.17) is 9.47 Å². The van der Waals surface area contributed by atoms with Crippen LogP contribution in [0.4, 0.5) is 9.80 Å². The minimum absolute atomic E-state index is 0.0105. The van der Waals surface area contributed by atoms with Crippen LogP contribution in [0.1, 0.15) is 50.1 Å². The lowest BCUT2D eigenvalue weighted by atomic mass is 9.98. The first-order chi connectivity index (χ1) is 13.1. The van der Waals surface area contributed by atoms with E-state index in [0.717, 1.165) is 28.4 Å². The van der Waals surface area contributed by atoms with Gasteiger partial charge in [0.1, 0.15) is 5.60 Å². The van der Waals surface area contributed by atoms with Crippen LogP contribution in [0.5, 0.6) is 0 Å². The number of hydrogen-bond acceptors (Lipinski definition) is 6. The Hall–Kier alpha value is -1.64. The Balaban J connectivity index is 1.99. The summed E-state index contributed by atoms with van der Waals surface area (Å²) in [6, 6.07) is 0.0594. The highest BCUT2D eigenvalue weighted by atomic mass is 32.1. The molecule has 1 atom stereocenters. The molecule has 0 spiro atoms. The quantitative estimate of drug-likeness (QED) is 0.673. The molecule has 2 N–H and O–H groups in total. The number of amides is 2. The van der Waals surface area contributed by atoms with Gasteiger partial charge in [0, 0.05) is 37.5 Å². The van der Waals surface area contributed by atoms with E-state index >= 15 is 0 Å². The molecule has 0 bridgehead atoms. The van der Waals surface area contributed by atoms with Gasteiger partial charge in [-0.05, 0) is 52.2 Å². The van der Waals surface area contributed by atoms with E-state index in [1.54, 1.807) is 23.3 Å². The van der Waals surface area contributed by atoms with Gasteiger partial charge in [0.15, 0.2) is 0 Å². The average Bonchev–Trinajstić information content (AvgIpc) is 2.88. The lowest BCUT2D eigenvalue weighted by Gasteiger charge is -2.35. The van der Waals surface area contributed by atoms with Crippen molar-refractivity contribution in [2.45, 2.75) is 65.6 Å². The number of thiophene rings is 1. The molecule has 1 aliphatic rings. The Morgan fingerprint density at radius 2 is 2.00 bits per heavy atom. The summed E-state index contributed by atoms with van der Waals surface area (Å²) in [5.41, 5.74) is 1.83. The van der Waals surface area contributed by atoms with Crippen molar-refractivity contribution >= 4 is 28.3 Å². The highest BCUT2D eigenvalue weighted by molar-refractivity contribution is 7.16. The van der Waals surface area contributed by atoms with E-state index in [0.29, 0.717) is 26.1 Å². The zero-order valence-electron chi connectivity index (χ0n) is 17.8. The second kappa shape index (κ2) is 9.71. The van der Waals surface area contributed by atoms with Gasteiger partial charge in [-0.2, -0.15) is 0 Å². The molecule has 1 aromatic heterocycles. The fraction of sp³-hybridized carbons (Fsp3) is 0.700. The fourth-order valence-electron chi connectivity index (χ4n) is 3.09. The van der Waals surface area contributed by atoms with Gasteiger partial charge in [0.25, 0.3) is 0 Å². The Morgan fingerprint density at radius 3 is 2.64 bits per heavy atom. The smallest absolute Gasteiger partial charge is 0.410 e. The molecule has 0 aliphatic carbocycles. The van der Waals surface area contributed by atoms with Crippen molar-refractivity contribution in [1.29, 1.82) is 0 Å². The van der Waals surface area contributed by atoms with Gasteiger partial charge in [-0.1, -0.05) is 0 Å². The number of anilines is 1. The maximum Gasteiger partial charge on any atom is 0.410 e. The van der Waals surface area contributed by atoms with Crippen LogP contribution < -0.4 is 10.6 Å². The van der Waals surface area contributed by atoms with Crippen LogP contribution in [-0.4, -0.2) is 55.3 Å². The van der Waals surface area contributed by atoms with Gasteiger partial charge < -0.3 is 25.0 Å². The molecule has 1 aromatic rings. The van der Waals surface area contributed by atoms with E-state index in [-0.39, 0.29) is 18.0 Å². The summed E-state index contributed by atoms with van der Waals surface area (Å²) in [4.78, 5) is 27.7. The van der Waals surface area contributed by atoms with E-state index < -0.39 is 5.60 Å². The number of nitrogens with zero attached hydrogens (tertiary/aromatic N) is 1. The number of ether oxygens (including phenoxy) is 2. The topological polar surface area (TPSA) is 79.9 Å². The highest BCUT2D eigenvalue weighted by Gasteiger charge is 2.33. The first-order valence-electron chi connectivity index (χ1n) is 9.72. The molecular weight excluding hydrogens is 378 g/mol. The molecule has 1 aliphatic heterocycles. The summed E-state index contributed by atoms with van der Waals surface area (Å²) in [5, 5.41) is 7.08. The van der Waals surface area contributed by atoms with Gasteiger partial charge in [-0.15, -0.1) is 11.3 Å². The molecule has 0 saturated carbocycles. The molecule has 2 heterocycles. The summed E-state index contributed by atoms with van der Waals surface area (Å²) in [6.45, 7) is 12.2. The predicted octanol–water partition coefficient (Wildman–Crippen LogP) is 3.30. The second-order valence-corrected chi connectivity index (χ2v) is 9.27. The molecular formula is C20H33N3O4S. The largest absolute Gasteiger partial charge is 0.444 e. The zero-order chi connectivity index (χ0) is 20.9. The SMILES string of the molecule is COCCNCCC(=O)Nc1sc2c(c1C)CC(C)N(C(=O)OC(C)(C)C)C2. The van der Waals surface area contributed by atoms with E-state index in [1.807, 2.05) is 34.6 Å². The summed E-state index contributed by atoms with van der Waals surface area (Å²) in [7, 11) is 1.65. The first-order valence-corrected chi connectivity index (χ1v) is 10.5. The fourth-order valence-corrected chi connectivity index (χ4v) is 4.34. The number of carbonyl (C=O) groups excluding carboxylic acids is 2. The van der Waals surface area contributed by atoms with Gasteiger partial charge >= 0.3 is 6.09 Å². The van der Waals surface area contributed by atoms with Crippen molar-refractivity contribution in [2.24, 2.45) is 0 Å². The van der Waals surface area contributed by atoms with Crippen LogP contribution in [-0.2, 0) is 27.2 Å². The molecule has 0 fully saturated rings. The highest BCUT2D eigenvalue weighted by Crippen LogP contribution is 2.38. The Kier molecular flexibility index (Phi) is 7.86. The third kappa shape index (κ3) is 6.18. The van der Waals surface area contributed by atoms with Crippen LogP contribution >= 0.6 is 11.3 Å². The van der Waals surface area contributed by atoms with Crippen molar-refractivity contribution in [3.63, 3.8) is 0 Å². The summed E-state index contributed by atoms with van der Waals surface area (Å²) in [5.74, 6) is -0.0105. The van der Waals surface area contributed by atoms with E-state index in [9.17, 15) is 9.59 Å². The predicted molar refractivity (Wildman–Crippen MR) is 112 cm³/mol. The minimum atomic E-state index is -0.515. The summed E-state index contributed by atoms with van der Waals surface area (Å²) < 4.78 is 10.5. The molecule has 7 nitrogen and oxygen atoms in total. The van der Waals surface area contributed by atoms with Gasteiger partial charge in [0.2, 0.25) is 5.91 Å². The number of fused-ring (bicyclic) bond motifs is 1. The van der Waals surface area contributed by atoms with Crippen LogP contribution in [0.15, 0.2) is 0 Å². The third-order valence-corrected chi connectivity index (χ3v) is 5.83. The van der Waals surface area contributed by atoms with Crippen LogP contribution in [0.2, 0.25) is 0 Å². The normalized spacial score (nSPS) is 16.6. The van der Waals surface area contributed by atoms with Crippen LogP contribution in [0, 0.1) is 6.92 Å². The van der Waals surface area contributed by atoms with Crippen molar-refractivity contribution in [1.82, 2.24) is 10.2 Å². The molecule has 0 radical (unpaired) electrons. The van der Waals surface area contributed by atoms with Crippen molar-refractivity contribution in [3.05, 3.63) is 16.0 Å². The minimum Gasteiger partial charge on any atom is -0.444 e. The van der Waals surface area contributed by atoms with Crippen molar-refractivity contribution in [3.8, 4) is 0 Å². The van der Waals surface area contributed by atoms with Crippen LogP contribution in [0.25, 0.3) is 0 Å². The number of rotatable bonds is 7. The Bertz CT molecular complexity index is 696. The molecule has 0 aromatic carbocycles. The Morgan fingerprint density at radius 1 is 1.29 bits per heavy atom. The standard InChI is InChI=1S/C20H33N3O4S/c1-13-11-15-14(2)18(22-17(24)7-8-21-9-10-26-6)28-16(15)12-23(13)19(25)27-20(3,4)5/h13,21H,7-12H2,1-6H3,(H,22,24). The van der Waals surface area contributed by atoms with Gasteiger partial charge in [-0.25, -0.2) is 4.79 Å². The summed E-state index contributed by atoms with van der Waals surface area (Å²) in [6.07, 6.45) is 0.891.